The zero-order valence-corrected chi connectivity index (χ0v) is 17.1. The summed E-state index contributed by atoms with van der Waals surface area (Å²) >= 11 is 0. The van der Waals surface area contributed by atoms with Gasteiger partial charge in [-0.2, -0.15) is 0 Å². The van der Waals surface area contributed by atoms with E-state index in [2.05, 4.69) is 19.9 Å². The van der Waals surface area contributed by atoms with E-state index in [1.54, 1.807) is 30.9 Å². The summed E-state index contributed by atoms with van der Waals surface area (Å²) in [4.78, 5) is 28.4. The zero-order valence-electron chi connectivity index (χ0n) is 17.1. The van der Waals surface area contributed by atoms with Gasteiger partial charge in [-0.05, 0) is 49.6 Å². The lowest BCUT2D eigenvalue weighted by atomic mass is 10.0. The number of nitrogen functional groups attached to an aromatic ring is 1. The smallest absolute Gasteiger partial charge is 0.187 e. The maximum atomic E-state index is 13.2. The fourth-order valence-corrected chi connectivity index (χ4v) is 3.93. The molecule has 0 amide bonds. The summed E-state index contributed by atoms with van der Waals surface area (Å²) in [5.74, 6) is -0.133. The van der Waals surface area contributed by atoms with Crippen LogP contribution in [0.3, 0.4) is 0 Å². The second-order valence-electron chi connectivity index (χ2n) is 7.78. The number of ketones is 1. The van der Waals surface area contributed by atoms with E-state index < -0.39 is 0 Å². The van der Waals surface area contributed by atoms with Gasteiger partial charge in [-0.1, -0.05) is 0 Å². The lowest BCUT2D eigenvalue weighted by Crippen LogP contribution is -2.43. The first-order valence-electron chi connectivity index (χ1n) is 10.2. The summed E-state index contributed by atoms with van der Waals surface area (Å²) in [5.41, 5.74) is 17.4. The van der Waals surface area contributed by atoms with Gasteiger partial charge in [0.1, 0.15) is 5.69 Å². The average molecular weight is 403 g/mol. The van der Waals surface area contributed by atoms with Gasteiger partial charge in [0.2, 0.25) is 0 Å². The van der Waals surface area contributed by atoms with Crippen molar-refractivity contribution in [3.05, 3.63) is 65.9 Å². The molecule has 4 rings (SSSR count). The minimum absolute atomic E-state index is 0.133. The summed E-state index contributed by atoms with van der Waals surface area (Å²) < 4.78 is 0. The Morgan fingerprint density at radius 1 is 1.17 bits per heavy atom. The van der Waals surface area contributed by atoms with Crippen LogP contribution < -0.4 is 16.4 Å². The van der Waals surface area contributed by atoms with E-state index in [9.17, 15) is 4.79 Å². The van der Waals surface area contributed by atoms with Crippen molar-refractivity contribution in [2.45, 2.75) is 32.2 Å². The van der Waals surface area contributed by atoms with E-state index in [-0.39, 0.29) is 23.9 Å². The van der Waals surface area contributed by atoms with Crippen LogP contribution >= 0.6 is 0 Å². The standard InChI is InChI=1S/C23H26N6O/c1-15-6-8-27-13-18(15)20-5-4-19(25)23(28-20)22(30)11-16-12-26-9-7-21(16)29-10-2-3-17(24)14-29/h4-9,12-13,17H,2-3,10-11,14,24-25H2,1H3/t17-/m0/s1. The first kappa shape index (κ1) is 20.0. The second kappa shape index (κ2) is 8.59. The third kappa shape index (κ3) is 4.16. The number of hydrogen-bond donors (Lipinski definition) is 2. The number of anilines is 2. The van der Waals surface area contributed by atoms with Gasteiger partial charge in [0.15, 0.2) is 5.78 Å². The summed E-state index contributed by atoms with van der Waals surface area (Å²) in [6, 6.07) is 7.57. The van der Waals surface area contributed by atoms with Crippen LogP contribution in [0, 0.1) is 6.92 Å². The number of Topliss-reactive ketones (excluding diaryl/α,β-unsaturated/α-hetero) is 1. The van der Waals surface area contributed by atoms with Gasteiger partial charge in [-0.25, -0.2) is 4.98 Å². The minimum Gasteiger partial charge on any atom is -0.397 e. The number of piperidine rings is 1. The molecule has 4 heterocycles. The number of pyridine rings is 3. The Kier molecular flexibility index (Phi) is 5.72. The topological polar surface area (TPSA) is 111 Å². The van der Waals surface area contributed by atoms with Gasteiger partial charge in [-0.15, -0.1) is 0 Å². The SMILES string of the molecule is Cc1ccncc1-c1ccc(N)c(C(=O)Cc2cnccc2N2CCC[C@H](N)C2)n1. The molecule has 1 fully saturated rings. The van der Waals surface area contributed by atoms with Crippen molar-refractivity contribution in [3.8, 4) is 11.3 Å². The Morgan fingerprint density at radius 2 is 1.97 bits per heavy atom. The molecular formula is C23H26N6O. The molecule has 4 N–H and O–H groups in total. The van der Waals surface area contributed by atoms with Crippen LogP contribution in [-0.2, 0) is 6.42 Å². The Bertz CT molecular complexity index is 1070. The molecule has 30 heavy (non-hydrogen) atoms. The molecule has 0 bridgehead atoms. The molecule has 3 aromatic heterocycles. The molecule has 154 valence electrons. The van der Waals surface area contributed by atoms with E-state index in [1.165, 1.54) is 0 Å². The van der Waals surface area contributed by atoms with Crippen LogP contribution in [0.25, 0.3) is 11.3 Å². The highest BCUT2D eigenvalue weighted by molar-refractivity contribution is 6.01. The van der Waals surface area contributed by atoms with Crippen LogP contribution in [-0.4, -0.2) is 39.9 Å². The molecule has 7 heteroatoms. The van der Waals surface area contributed by atoms with Crippen molar-refractivity contribution >= 4 is 17.2 Å². The first-order valence-corrected chi connectivity index (χ1v) is 10.2. The quantitative estimate of drug-likeness (QED) is 0.631. The van der Waals surface area contributed by atoms with Crippen LogP contribution in [0.5, 0.6) is 0 Å². The molecule has 0 unspecified atom stereocenters. The molecule has 0 radical (unpaired) electrons. The molecule has 7 nitrogen and oxygen atoms in total. The molecule has 0 saturated carbocycles. The predicted molar refractivity (Wildman–Crippen MR) is 118 cm³/mol. The number of aromatic nitrogens is 3. The molecule has 1 aliphatic rings. The van der Waals surface area contributed by atoms with Crippen molar-refractivity contribution in [3.63, 3.8) is 0 Å². The van der Waals surface area contributed by atoms with Crippen molar-refractivity contribution < 1.29 is 4.79 Å². The van der Waals surface area contributed by atoms with E-state index in [0.29, 0.717) is 11.4 Å². The molecule has 1 aliphatic heterocycles. The fourth-order valence-electron chi connectivity index (χ4n) is 3.93. The summed E-state index contributed by atoms with van der Waals surface area (Å²) in [6.45, 7) is 3.69. The van der Waals surface area contributed by atoms with E-state index >= 15 is 0 Å². The molecule has 0 aliphatic carbocycles. The number of aryl methyl sites for hydroxylation is 1. The van der Waals surface area contributed by atoms with E-state index in [4.69, 9.17) is 11.5 Å². The maximum absolute atomic E-state index is 13.2. The lowest BCUT2D eigenvalue weighted by molar-refractivity contribution is 0.0989. The molecule has 3 aromatic rings. The van der Waals surface area contributed by atoms with E-state index in [1.807, 2.05) is 25.1 Å². The fraction of sp³-hybridized carbons (Fsp3) is 0.304. The monoisotopic (exact) mass is 402 g/mol. The number of carbonyl (C=O) groups is 1. The molecular weight excluding hydrogens is 376 g/mol. The normalized spacial score (nSPS) is 16.5. The van der Waals surface area contributed by atoms with Gasteiger partial charge in [0.25, 0.3) is 0 Å². The van der Waals surface area contributed by atoms with Crippen LogP contribution in [0.1, 0.15) is 34.5 Å². The highest BCUT2D eigenvalue weighted by Gasteiger charge is 2.22. The van der Waals surface area contributed by atoms with Gasteiger partial charge < -0.3 is 16.4 Å². The minimum atomic E-state index is -0.133. The number of nitrogens with zero attached hydrogens (tertiary/aromatic N) is 4. The number of rotatable bonds is 5. The molecule has 1 saturated heterocycles. The summed E-state index contributed by atoms with van der Waals surface area (Å²) in [6.07, 6.45) is 9.23. The van der Waals surface area contributed by atoms with Crippen LogP contribution in [0.2, 0.25) is 0 Å². The van der Waals surface area contributed by atoms with Gasteiger partial charge in [0.05, 0.1) is 11.4 Å². The predicted octanol–water partition coefficient (Wildman–Crippen LogP) is 2.78. The summed E-state index contributed by atoms with van der Waals surface area (Å²) in [7, 11) is 0. The summed E-state index contributed by atoms with van der Waals surface area (Å²) in [5, 5.41) is 0. The number of carbonyl (C=O) groups excluding carboxylic acids is 1. The van der Waals surface area contributed by atoms with Crippen molar-refractivity contribution in [2.75, 3.05) is 23.7 Å². The van der Waals surface area contributed by atoms with Crippen LogP contribution in [0.4, 0.5) is 11.4 Å². The molecule has 0 spiro atoms. The lowest BCUT2D eigenvalue weighted by Gasteiger charge is -2.33. The Balaban J connectivity index is 1.62. The van der Waals surface area contributed by atoms with Crippen molar-refractivity contribution in [1.29, 1.82) is 0 Å². The van der Waals surface area contributed by atoms with Gasteiger partial charge >= 0.3 is 0 Å². The largest absolute Gasteiger partial charge is 0.397 e. The Morgan fingerprint density at radius 3 is 2.77 bits per heavy atom. The third-order valence-electron chi connectivity index (χ3n) is 5.53. The number of nitrogens with two attached hydrogens (primary N) is 2. The Labute approximate surface area is 176 Å². The number of hydrogen-bond acceptors (Lipinski definition) is 7. The zero-order chi connectivity index (χ0) is 21.1. The highest BCUT2D eigenvalue weighted by Crippen LogP contribution is 2.26. The van der Waals surface area contributed by atoms with Crippen molar-refractivity contribution in [1.82, 2.24) is 15.0 Å². The van der Waals surface area contributed by atoms with Crippen molar-refractivity contribution in [2.24, 2.45) is 5.73 Å². The Hall–Kier alpha value is -3.32. The first-order chi connectivity index (χ1) is 14.5. The molecule has 1 atom stereocenters. The van der Waals surface area contributed by atoms with Crippen LogP contribution in [0.15, 0.2) is 49.1 Å². The van der Waals surface area contributed by atoms with Gasteiger partial charge in [-0.3, -0.25) is 14.8 Å². The van der Waals surface area contributed by atoms with E-state index in [0.717, 1.165) is 48.3 Å². The second-order valence-corrected chi connectivity index (χ2v) is 7.78. The third-order valence-corrected chi connectivity index (χ3v) is 5.53. The maximum Gasteiger partial charge on any atom is 0.187 e. The molecule has 0 aromatic carbocycles. The highest BCUT2D eigenvalue weighted by atomic mass is 16.1. The van der Waals surface area contributed by atoms with Gasteiger partial charge in [0, 0.05) is 67.2 Å². The average Bonchev–Trinajstić information content (AvgIpc) is 2.75.